The van der Waals surface area contributed by atoms with Gasteiger partial charge >= 0.3 is 10.2 Å². The second-order valence-electron chi connectivity index (χ2n) is 4.72. The first kappa shape index (κ1) is 14.9. The number of anilines is 1. The molecule has 0 atom stereocenters. The molecule has 1 heterocycles. The van der Waals surface area contributed by atoms with Crippen LogP contribution in [0.5, 0.6) is 0 Å². The zero-order valence-corrected chi connectivity index (χ0v) is 12.2. The fourth-order valence-corrected chi connectivity index (χ4v) is 3.44. The Morgan fingerprint density at radius 1 is 1.35 bits per heavy atom. The van der Waals surface area contributed by atoms with Crippen molar-refractivity contribution in [3.8, 4) is 11.8 Å². The molecule has 1 fully saturated rings. The topological polar surface area (TPSA) is 69.6 Å². The van der Waals surface area contributed by atoms with Crippen molar-refractivity contribution in [2.45, 2.75) is 19.8 Å². The highest BCUT2D eigenvalue weighted by molar-refractivity contribution is 7.90. The average molecular weight is 294 g/mol. The van der Waals surface area contributed by atoms with Crippen molar-refractivity contribution in [2.75, 3.05) is 24.4 Å². The van der Waals surface area contributed by atoms with E-state index in [1.54, 1.807) is 12.1 Å². The van der Waals surface area contributed by atoms with Crippen LogP contribution in [0.3, 0.4) is 0 Å². The molecule has 0 amide bonds. The number of rotatable bonds is 3. The van der Waals surface area contributed by atoms with Gasteiger partial charge in [0.2, 0.25) is 0 Å². The molecule has 6 heteroatoms. The summed E-state index contributed by atoms with van der Waals surface area (Å²) in [4.78, 5) is 0. The van der Waals surface area contributed by atoms with Gasteiger partial charge in [-0.1, -0.05) is 17.9 Å². The van der Waals surface area contributed by atoms with Gasteiger partial charge in [0.05, 0.1) is 5.69 Å². The van der Waals surface area contributed by atoms with Gasteiger partial charge < -0.3 is 5.11 Å². The summed E-state index contributed by atoms with van der Waals surface area (Å²) in [5.74, 6) is 5.32. The van der Waals surface area contributed by atoms with E-state index in [1.807, 2.05) is 13.0 Å². The second-order valence-corrected chi connectivity index (χ2v) is 6.39. The molecule has 1 aromatic carbocycles. The Hall–Kier alpha value is -1.55. The Kier molecular flexibility index (Phi) is 4.65. The number of aliphatic hydroxyl groups is 1. The van der Waals surface area contributed by atoms with Crippen molar-refractivity contribution in [1.29, 1.82) is 0 Å². The van der Waals surface area contributed by atoms with E-state index in [2.05, 4.69) is 16.6 Å². The predicted octanol–water partition coefficient (Wildman–Crippen LogP) is 1.09. The number of hydrogen-bond donors (Lipinski definition) is 2. The molecule has 0 bridgehead atoms. The Morgan fingerprint density at radius 2 is 2.05 bits per heavy atom. The van der Waals surface area contributed by atoms with Crippen molar-refractivity contribution in [3.63, 3.8) is 0 Å². The van der Waals surface area contributed by atoms with Crippen LogP contribution in [0, 0.1) is 18.8 Å². The van der Waals surface area contributed by atoms with Gasteiger partial charge in [-0.25, -0.2) is 0 Å². The number of nitrogens with one attached hydrogen (secondary N) is 1. The van der Waals surface area contributed by atoms with Gasteiger partial charge in [0.25, 0.3) is 0 Å². The lowest BCUT2D eigenvalue weighted by Crippen LogP contribution is -2.33. The van der Waals surface area contributed by atoms with Gasteiger partial charge in [0.15, 0.2) is 0 Å². The van der Waals surface area contributed by atoms with Crippen molar-refractivity contribution in [1.82, 2.24) is 4.31 Å². The molecule has 0 radical (unpaired) electrons. The van der Waals surface area contributed by atoms with E-state index in [1.165, 1.54) is 4.31 Å². The van der Waals surface area contributed by atoms with E-state index in [9.17, 15) is 8.42 Å². The van der Waals surface area contributed by atoms with E-state index in [0.29, 0.717) is 24.3 Å². The first-order chi connectivity index (χ1) is 9.53. The molecule has 1 aliphatic heterocycles. The maximum Gasteiger partial charge on any atom is 0.301 e. The number of hydrogen-bond acceptors (Lipinski definition) is 3. The minimum Gasteiger partial charge on any atom is -0.384 e. The minimum atomic E-state index is -3.52. The zero-order valence-electron chi connectivity index (χ0n) is 11.4. The summed E-state index contributed by atoms with van der Waals surface area (Å²) in [6.07, 6.45) is 1.79. The third-order valence-corrected chi connectivity index (χ3v) is 4.64. The van der Waals surface area contributed by atoms with Crippen molar-refractivity contribution in [2.24, 2.45) is 0 Å². The molecule has 0 aliphatic carbocycles. The van der Waals surface area contributed by atoms with Gasteiger partial charge in [-0.15, -0.1) is 0 Å². The van der Waals surface area contributed by atoms with Gasteiger partial charge in [-0.05, 0) is 37.5 Å². The summed E-state index contributed by atoms with van der Waals surface area (Å²) >= 11 is 0. The van der Waals surface area contributed by atoms with Gasteiger partial charge in [0.1, 0.15) is 6.61 Å². The number of aliphatic hydroxyl groups excluding tert-OH is 1. The van der Waals surface area contributed by atoms with Crippen LogP contribution in [-0.2, 0) is 10.2 Å². The van der Waals surface area contributed by atoms with Crippen molar-refractivity contribution >= 4 is 15.9 Å². The third-order valence-electron chi connectivity index (χ3n) is 3.12. The van der Waals surface area contributed by atoms with E-state index in [4.69, 9.17) is 5.11 Å². The van der Waals surface area contributed by atoms with E-state index < -0.39 is 10.2 Å². The van der Waals surface area contributed by atoms with Crippen LogP contribution in [0.4, 0.5) is 5.69 Å². The molecular weight excluding hydrogens is 276 g/mol. The van der Waals surface area contributed by atoms with E-state index >= 15 is 0 Å². The first-order valence-electron chi connectivity index (χ1n) is 6.51. The second kappa shape index (κ2) is 6.27. The summed E-state index contributed by atoms with van der Waals surface area (Å²) in [6.45, 7) is 2.76. The van der Waals surface area contributed by atoms with Gasteiger partial charge in [0, 0.05) is 18.7 Å². The molecule has 108 valence electrons. The molecule has 5 nitrogen and oxygen atoms in total. The standard InChI is InChI=1S/C14H18N2O3S/c1-12-6-7-14(13(11-12)5-4-10-17)15-20(18,19)16-8-2-3-9-16/h6-7,11,15,17H,2-3,8-10H2,1H3. The number of benzene rings is 1. The van der Waals surface area contributed by atoms with E-state index in [0.717, 1.165) is 18.4 Å². The molecule has 0 unspecified atom stereocenters. The lowest BCUT2D eigenvalue weighted by molar-refractivity contribution is 0.350. The molecule has 1 aliphatic rings. The fourth-order valence-electron chi connectivity index (χ4n) is 2.12. The van der Waals surface area contributed by atoms with Crippen LogP contribution >= 0.6 is 0 Å². The highest BCUT2D eigenvalue weighted by atomic mass is 32.2. The maximum atomic E-state index is 12.2. The Morgan fingerprint density at radius 3 is 2.70 bits per heavy atom. The SMILES string of the molecule is Cc1ccc(NS(=O)(=O)N2CCCC2)c(C#CCO)c1. The summed E-state index contributed by atoms with van der Waals surface area (Å²) in [5.41, 5.74) is 2.00. The van der Waals surface area contributed by atoms with Crippen LogP contribution in [0.2, 0.25) is 0 Å². The van der Waals surface area contributed by atoms with Crippen molar-refractivity contribution in [3.05, 3.63) is 29.3 Å². The number of nitrogens with zero attached hydrogens (tertiary/aromatic N) is 1. The first-order valence-corrected chi connectivity index (χ1v) is 7.95. The quantitative estimate of drug-likeness (QED) is 0.820. The molecule has 0 saturated carbocycles. The normalized spacial score (nSPS) is 15.7. The van der Waals surface area contributed by atoms with Gasteiger partial charge in [-0.2, -0.15) is 12.7 Å². The fraction of sp³-hybridized carbons (Fsp3) is 0.429. The number of aryl methyl sites for hydroxylation is 1. The highest BCUT2D eigenvalue weighted by Crippen LogP contribution is 2.21. The zero-order chi connectivity index (χ0) is 14.6. The van der Waals surface area contributed by atoms with Crippen LogP contribution in [0.25, 0.3) is 0 Å². The van der Waals surface area contributed by atoms with Crippen molar-refractivity contribution < 1.29 is 13.5 Å². The Labute approximate surface area is 119 Å². The maximum absolute atomic E-state index is 12.2. The van der Waals surface area contributed by atoms with Crippen LogP contribution in [0.1, 0.15) is 24.0 Å². The predicted molar refractivity (Wildman–Crippen MR) is 78.5 cm³/mol. The van der Waals surface area contributed by atoms with Crippen LogP contribution in [-0.4, -0.2) is 37.5 Å². The lowest BCUT2D eigenvalue weighted by Gasteiger charge is -2.17. The summed E-state index contributed by atoms with van der Waals surface area (Å²) in [7, 11) is -3.52. The van der Waals surface area contributed by atoms with Crippen LogP contribution in [0.15, 0.2) is 18.2 Å². The highest BCUT2D eigenvalue weighted by Gasteiger charge is 2.25. The lowest BCUT2D eigenvalue weighted by atomic mass is 10.1. The summed E-state index contributed by atoms with van der Waals surface area (Å²) in [6, 6.07) is 5.32. The Bertz CT molecular complexity index is 638. The minimum absolute atomic E-state index is 0.258. The average Bonchev–Trinajstić information content (AvgIpc) is 2.93. The largest absolute Gasteiger partial charge is 0.384 e. The molecule has 20 heavy (non-hydrogen) atoms. The molecule has 0 aromatic heterocycles. The third kappa shape index (κ3) is 3.51. The van der Waals surface area contributed by atoms with Crippen LogP contribution < -0.4 is 4.72 Å². The molecule has 0 spiro atoms. The molecule has 2 N–H and O–H groups in total. The molecular formula is C14H18N2O3S. The molecule has 2 rings (SSSR count). The monoisotopic (exact) mass is 294 g/mol. The van der Waals surface area contributed by atoms with E-state index in [-0.39, 0.29) is 6.61 Å². The smallest absolute Gasteiger partial charge is 0.301 e. The van der Waals surface area contributed by atoms with Gasteiger partial charge in [-0.3, -0.25) is 4.72 Å². The Balaban J connectivity index is 2.28. The summed E-state index contributed by atoms with van der Waals surface area (Å²) < 4.78 is 28.5. The molecule has 1 aromatic rings. The summed E-state index contributed by atoms with van der Waals surface area (Å²) in [5, 5.41) is 8.77. The molecule has 1 saturated heterocycles.